The number of fused-ring (bicyclic) bond motifs is 1. The second-order valence-electron chi connectivity index (χ2n) is 7.05. The van der Waals surface area contributed by atoms with Crippen LogP contribution in [0.5, 0.6) is 0 Å². The van der Waals surface area contributed by atoms with Crippen LogP contribution in [-0.4, -0.2) is 44.4 Å². The maximum Gasteiger partial charge on any atom is 0.333 e. The number of ether oxygens (including phenoxy) is 1. The van der Waals surface area contributed by atoms with Crippen LogP contribution in [-0.2, 0) is 9.53 Å². The second-order valence-corrected chi connectivity index (χ2v) is 12.5. The zero-order valence-electron chi connectivity index (χ0n) is 14.6. The summed E-state index contributed by atoms with van der Waals surface area (Å²) in [6.07, 6.45) is 2.24. The minimum Gasteiger partial charge on any atom is -0.466 e. The van der Waals surface area contributed by atoms with Crippen molar-refractivity contribution in [3.05, 3.63) is 47.0 Å². The van der Waals surface area contributed by atoms with Crippen LogP contribution in [0.3, 0.4) is 0 Å². The molecule has 0 radical (unpaired) electrons. The highest BCUT2D eigenvalue weighted by molar-refractivity contribution is 6.77. The Labute approximate surface area is 143 Å². The topological polar surface area (TPSA) is 63.7 Å². The normalized spacial score (nSPS) is 14.8. The summed E-state index contributed by atoms with van der Waals surface area (Å²) in [4.78, 5) is 37.8. The first kappa shape index (κ1) is 18.1. The zero-order chi connectivity index (χ0) is 17.9. The minimum atomic E-state index is -1.48. The number of methoxy groups -OCH3 is 1. The molecule has 1 heterocycles. The van der Waals surface area contributed by atoms with Gasteiger partial charge in [0.1, 0.15) is 0 Å². The lowest BCUT2D eigenvalue weighted by Gasteiger charge is -2.18. The summed E-state index contributed by atoms with van der Waals surface area (Å²) in [5, 5.41) is 0. The van der Waals surface area contributed by atoms with E-state index in [0.29, 0.717) is 29.2 Å². The maximum atomic E-state index is 12.3. The number of imide groups is 1. The van der Waals surface area contributed by atoms with Gasteiger partial charge in [-0.15, -0.1) is 0 Å². The average molecular weight is 345 g/mol. The van der Waals surface area contributed by atoms with E-state index in [1.807, 2.05) is 0 Å². The molecule has 0 N–H and O–H groups in total. The Morgan fingerprint density at radius 3 is 2.12 bits per heavy atom. The van der Waals surface area contributed by atoms with Gasteiger partial charge in [0.15, 0.2) is 0 Å². The molecule has 1 aromatic rings. The molecule has 0 unspecified atom stereocenters. The second kappa shape index (κ2) is 7.13. The Kier molecular flexibility index (Phi) is 5.39. The molecule has 24 heavy (non-hydrogen) atoms. The third-order valence-electron chi connectivity index (χ3n) is 3.79. The predicted molar refractivity (Wildman–Crippen MR) is 94.7 cm³/mol. The van der Waals surface area contributed by atoms with Crippen LogP contribution in [0.25, 0.3) is 0 Å². The fraction of sp³-hybridized carbons (Fsp3) is 0.389. The Morgan fingerprint density at radius 2 is 1.67 bits per heavy atom. The lowest BCUT2D eigenvalue weighted by molar-refractivity contribution is -0.136. The van der Waals surface area contributed by atoms with E-state index in [0.717, 1.165) is 0 Å². The highest BCUT2D eigenvalue weighted by Gasteiger charge is 2.34. The zero-order valence-corrected chi connectivity index (χ0v) is 15.6. The average Bonchev–Trinajstić information content (AvgIpc) is 2.77. The number of carbonyl (C=O) groups excluding carboxylic acids is 3. The molecule has 5 nitrogen and oxygen atoms in total. The van der Waals surface area contributed by atoms with Crippen LogP contribution >= 0.6 is 0 Å². The van der Waals surface area contributed by atoms with Crippen molar-refractivity contribution in [3.8, 4) is 0 Å². The summed E-state index contributed by atoms with van der Waals surface area (Å²) in [5.41, 5.74) is 1.52. The molecule has 0 fully saturated rings. The van der Waals surface area contributed by atoms with Gasteiger partial charge in [-0.3, -0.25) is 14.5 Å². The molecule has 128 valence electrons. The van der Waals surface area contributed by atoms with E-state index in [1.165, 1.54) is 12.0 Å². The minimum absolute atomic E-state index is 0.262. The third-order valence-corrected chi connectivity index (χ3v) is 5.23. The summed E-state index contributed by atoms with van der Waals surface area (Å²) in [6.45, 7) is 6.79. The molecule has 2 rings (SSSR count). The number of amides is 2. The van der Waals surface area contributed by atoms with Gasteiger partial charge < -0.3 is 4.74 Å². The van der Waals surface area contributed by atoms with Crippen molar-refractivity contribution in [2.45, 2.75) is 32.1 Å². The lowest BCUT2D eigenvalue weighted by Crippen LogP contribution is -2.30. The first-order chi connectivity index (χ1) is 11.2. The van der Waals surface area contributed by atoms with Crippen LogP contribution in [0.2, 0.25) is 25.7 Å². The van der Waals surface area contributed by atoms with Crippen molar-refractivity contribution in [2.75, 3.05) is 13.7 Å². The Balaban J connectivity index is 2.08. The molecule has 0 atom stereocenters. The monoisotopic (exact) mass is 345 g/mol. The number of rotatable bonds is 6. The van der Waals surface area contributed by atoms with Crippen LogP contribution in [0.15, 0.2) is 35.9 Å². The van der Waals surface area contributed by atoms with Gasteiger partial charge in [0, 0.05) is 20.2 Å². The Morgan fingerprint density at radius 1 is 1.12 bits per heavy atom. The first-order valence-electron chi connectivity index (χ1n) is 7.97. The molecule has 1 aromatic carbocycles. The van der Waals surface area contributed by atoms with Gasteiger partial charge in [0.05, 0.1) is 18.2 Å². The SMILES string of the molecule is COC(=O)/C(=C/CCN1C(=O)c2ccccc2C1=O)C[Si](C)(C)C. The largest absolute Gasteiger partial charge is 0.466 e. The molecule has 0 saturated heterocycles. The van der Waals surface area contributed by atoms with Gasteiger partial charge in [-0.25, -0.2) is 4.79 Å². The predicted octanol–water partition coefficient (Wildman–Crippen LogP) is 3.11. The van der Waals surface area contributed by atoms with Gasteiger partial charge in [-0.2, -0.15) is 0 Å². The van der Waals surface area contributed by atoms with E-state index in [2.05, 4.69) is 19.6 Å². The van der Waals surface area contributed by atoms with Crippen LogP contribution in [0.4, 0.5) is 0 Å². The quantitative estimate of drug-likeness (QED) is 0.344. The summed E-state index contributed by atoms with van der Waals surface area (Å²) in [7, 11) is -0.111. The van der Waals surface area contributed by atoms with Gasteiger partial charge in [0.2, 0.25) is 0 Å². The van der Waals surface area contributed by atoms with Crippen molar-refractivity contribution in [1.29, 1.82) is 0 Å². The van der Waals surface area contributed by atoms with Gasteiger partial charge in [0.25, 0.3) is 11.8 Å². The fourth-order valence-corrected chi connectivity index (χ4v) is 4.17. The van der Waals surface area contributed by atoms with E-state index in [1.54, 1.807) is 30.3 Å². The Bertz CT molecular complexity index is 668. The van der Waals surface area contributed by atoms with Crippen molar-refractivity contribution in [1.82, 2.24) is 4.90 Å². The van der Waals surface area contributed by atoms with Crippen molar-refractivity contribution in [2.24, 2.45) is 0 Å². The molecular formula is C18H23NO4Si. The summed E-state index contributed by atoms with van der Waals surface area (Å²) >= 11 is 0. The summed E-state index contributed by atoms with van der Waals surface area (Å²) < 4.78 is 4.84. The first-order valence-corrected chi connectivity index (χ1v) is 11.7. The molecule has 0 saturated carbocycles. The Hall–Kier alpha value is -2.21. The third kappa shape index (κ3) is 4.00. The lowest BCUT2D eigenvalue weighted by atomic mass is 10.1. The fourth-order valence-electron chi connectivity index (χ4n) is 2.74. The number of esters is 1. The number of carbonyl (C=O) groups is 3. The van der Waals surface area contributed by atoms with Crippen molar-refractivity contribution < 1.29 is 19.1 Å². The van der Waals surface area contributed by atoms with E-state index in [-0.39, 0.29) is 24.3 Å². The molecule has 0 aromatic heterocycles. The molecule has 1 aliphatic heterocycles. The van der Waals surface area contributed by atoms with Gasteiger partial charge >= 0.3 is 5.97 Å². The van der Waals surface area contributed by atoms with Crippen LogP contribution < -0.4 is 0 Å². The molecule has 1 aliphatic rings. The van der Waals surface area contributed by atoms with E-state index >= 15 is 0 Å². The van der Waals surface area contributed by atoms with Crippen molar-refractivity contribution in [3.63, 3.8) is 0 Å². The summed E-state index contributed by atoms with van der Waals surface area (Å²) in [5.74, 6) is -0.873. The van der Waals surface area contributed by atoms with Crippen LogP contribution in [0, 0.1) is 0 Å². The number of benzene rings is 1. The molecule has 0 bridgehead atoms. The highest BCUT2D eigenvalue weighted by Crippen LogP contribution is 2.23. The van der Waals surface area contributed by atoms with Gasteiger partial charge in [-0.1, -0.05) is 37.8 Å². The smallest absolute Gasteiger partial charge is 0.333 e. The standard InChI is InChI=1S/C18H23NO4Si/c1-23-18(22)13(12-24(2,3)4)8-7-11-19-16(20)14-9-5-6-10-15(14)17(19)21/h5-6,8-10H,7,11-12H2,1-4H3/b13-8+. The molecule has 0 aliphatic carbocycles. The summed E-state index contributed by atoms with van der Waals surface area (Å²) in [6, 6.07) is 7.53. The van der Waals surface area contributed by atoms with Crippen LogP contribution in [0.1, 0.15) is 27.1 Å². The molecule has 6 heteroatoms. The van der Waals surface area contributed by atoms with Crippen molar-refractivity contribution >= 4 is 25.9 Å². The number of hydrogen-bond donors (Lipinski definition) is 0. The van der Waals surface area contributed by atoms with E-state index in [4.69, 9.17) is 4.74 Å². The molecule has 2 amide bonds. The molecule has 0 spiro atoms. The van der Waals surface area contributed by atoms with Gasteiger partial charge in [-0.05, 0) is 24.6 Å². The number of hydrogen-bond acceptors (Lipinski definition) is 4. The maximum absolute atomic E-state index is 12.3. The molecular weight excluding hydrogens is 322 g/mol. The highest BCUT2D eigenvalue weighted by atomic mass is 28.3. The number of nitrogens with zero attached hydrogens (tertiary/aromatic N) is 1. The van der Waals surface area contributed by atoms with E-state index < -0.39 is 8.07 Å². The van der Waals surface area contributed by atoms with E-state index in [9.17, 15) is 14.4 Å².